The zero-order chi connectivity index (χ0) is 18.9. The molecule has 0 spiro atoms. The second-order valence-corrected chi connectivity index (χ2v) is 7.02. The third-order valence-electron chi connectivity index (χ3n) is 5.19. The number of fused-ring (bicyclic) bond motifs is 1. The Hall–Kier alpha value is -3.38. The van der Waals surface area contributed by atoms with Gasteiger partial charge < -0.3 is 20.4 Å². The van der Waals surface area contributed by atoms with Crippen molar-refractivity contribution in [3.8, 4) is 16.9 Å². The molecule has 0 unspecified atom stereocenters. The van der Waals surface area contributed by atoms with Crippen molar-refractivity contribution in [1.29, 1.82) is 0 Å². The molecule has 0 radical (unpaired) electrons. The van der Waals surface area contributed by atoms with E-state index in [-0.39, 0.29) is 0 Å². The van der Waals surface area contributed by atoms with Gasteiger partial charge in [0.25, 0.3) is 0 Å². The highest BCUT2D eigenvalue weighted by Gasteiger charge is 2.24. The van der Waals surface area contributed by atoms with Gasteiger partial charge in [-0.25, -0.2) is 9.97 Å². The minimum absolute atomic E-state index is 0.392. The van der Waals surface area contributed by atoms with Gasteiger partial charge in [-0.1, -0.05) is 42.5 Å². The maximum Gasteiger partial charge on any atom is 0.146 e. The molecule has 0 saturated carbocycles. The minimum atomic E-state index is 0.392. The molecule has 2 aromatic heterocycles. The van der Waals surface area contributed by atoms with E-state index in [4.69, 9.17) is 10.5 Å². The summed E-state index contributed by atoms with van der Waals surface area (Å²) in [5.41, 5.74) is 10.3. The average Bonchev–Trinajstić information content (AvgIpc) is 3.07. The SMILES string of the molecule is Nc1ncnc2c1c(-c1cccc(OCc3ccccc3)c1)cn2C1CNC1. The van der Waals surface area contributed by atoms with Crippen LogP contribution in [0.25, 0.3) is 22.2 Å². The number of nitrogens with zero attached hydrogens (tertiary/aromatic N) is 3. The summed E-state index contributed by atoms with van der Waals surface area (Å²) in [6, 6.07) is 18.6. The molecule has 1 aliphatic rings. The van der Waals surface area contributed by atoms with Crippen molar-refractivity contribution in [3.05, 3.63) is 72.7 Å². The molecule has 6 nitrogen and oxygen atoms in total. The first-order valence-electron chi connectivity index (χ1n) is 9.38. The maximum absolute atomic E-state index is 6.23. The van der Waals surface area contributed by atoms with Gasteiger partial charge in [-0.05, 0) is 23.3 Å². The number of hydrogen-bond acceptors (Lipinski definition) is 5. The van der Waals surface area contributed by atoms with Gasteiger partial charge in [0, 0.05) is 24.8 Å². The maximum atomic E-state index is 6.23. The van der Waals surface area contributed by atoms with E-state index < -0.39 is 0 Å². The molecule has 0 atom stereocenters. The van der Waals surface area contributed by atoms with E-state index in [0.29, 0.717) is 18.5 Å². The van der Waals surface area contributed by atoms with Gasteiger partial charge in [0.05, 0.1) is 11.4 Å². The Labute approximate surface area is 163 Å². The van der Waals surface area contributed by atoms with Crippen LogP contribution in [0.3, 0.4) is 0 Å². The first kappa shape index (κ1) is 16.8. The van der Waals surface area contributed by atoms with Crippen molar-refractivity contribution in [3.63, 3.8) is 0 Å². The molecule has 6 heteroatoms. The molecule has 3 heterocycles. The van der Waals surface area contributed by atoms with Crippen LogP contribution in [0.2, 0.25) is 0 Å². The van der Waals surface area contributed by atoms with Gasteiger partial charge in [0.1, 0.15) is 30.1 Å². The highest BCUT2D eigenvalue weighted by Crippen LogP contribution is 2.36. The van der Waals surface area contributed by atoms with Crippen molar-refractivity contribution in [2.75, 3.05) is 18.8 Å². The van der Waals surface area contributed by atoms with Crippen LogP contribution in [0.1, 0.15) is 11.6 Å². The summed E-state index contributed by atoms with van der Waals surface area (Å²) < 4.78 is 8.21. The van der Waals surface area contributed by atoms with Crippen LogP contribution in [-0.4, -0.2) is 27.6 Å². The van der Waals surface area contributed by atoms with Gasteiger partial charge in [-0.15, -0.1) is 0 Å². The fraction of sp³-hybridized carbons (Fsp3) is 0.182. The van der Waals surface area contributed by atoms with Crippen molar-refractivity contribution in [1.82, 2.24) is 19.9 Å². The van der Waals surface area contributed by atoms with Crippen molar-refractivity contribution >= 4 is 16.9 Å². The van der Waals surface area contributed by atoms with Crippen LogP contribution < -0.4 is 15.8 Å². The first-order chi connectivity index (χ1) is 13.8. The Morgan fingerprint density at radius 2 is 1.93 bits per heavy atom. The van der Waals surface area contributed by atoms with E-state index in [1.54, 1.807) is 0 Å². The quantitative estimate of drug-likeness (QED) is 0.562. The Kier molecular flexibility index (Phi) is 4.18. The molecular formula is C22H21N5O. The number of aromatic nitrogens is 3. The number of benzene rings is 2. The summed E-state index contributed by atoms with van der Waals surface area (Å²) in [5.74, 6) is 1.32. The van der Waals surface area contributed by atoms with Gasteiger partial charge >= 0.3 is 0 Å². The predicted molar refractivity (Wildman–Crippen MR) is 110 cm³/mol. The zero-order valence-electron chi connectivity index (χ0n) is 15.4. The molecule has 0 aliphatic carbocycles. The number of nitrogens with one attached hydrogen (secondary N) is 1. The van der Waals surface area contributed by atoms with E-state index in [0.717, 1.165) is 46.6 Å². The molecule has 1 saturated heterocycles. The number of ether oxygens (including phenoxy) is 1. The second-order valence-electron chi connectivity index (χ2n) is 7.02. The molecule has 1 aliphatic heterocycles. The van der Waals surface area contributed by atoms with E-state index >= 15 is 0 Å². The average molecular weight is 371 g/mol. The Balaban J connectivity index is 1.51. The third-order valence-corrected chi connectivity index (χ3v) is 5.19. The fourth-order valence-electron chi connectivity index (χ4n) is 3.57. The summed E-state index contributed by atoms with van der Waals surface area (Å²) in [6.45, 7) is 2.41. The summed E-state index contributed by atoms with van der Waals surface area (Å²) in [4.78, 5) is 8.72. The lowest BCUT2D eigenvalue weighted by atomic mass is 10.1. The molecule has 2 aromatic carbocycles. The molecule has 5 rings (SSSR count). The lowest BCUT2D eigenvalue weighted by Gasteiger charge is -2.28. The zero-order valence-corrected chi connectivity index (χ0v) is 15.4. The predicted octanol–water partition coefficient (Wildman–Crippen LogP) is 3.40. The summed E-state index contributed by atoms with van der Waals surface area (Å²) in [7, 11) is 0. The normalized spacial score (nSPS) is 14.1. The number of rotatable bonds is 5. The van der Waals surface area contributed by atoms with Crippen molar-refractivity contribution < 1.29 is 4.74 Å². The van der Waals surface area contributed by atoms with Crippen LogP contribution in [0.4, 0.5) is 5.82 Å². The summed E-state index contributed by atoms with van der Waals surface area (Å²) in [5, 5.41) is 4.21. The van der Waals surface area contributed by atoms with Gasteiger partial charge in [0.15, 0.2) is 0 Å². The molecule has 1 fully saturated rings. The van der Waals surface area contributed by atoms with Crippen LogP contribution in [0.5, 0.6) is 5.75 Å². The van der Waals surface area contributed by atoms with Crippen molar-refractivity contribution in [2.45, 2.75) is 12.6 Å². The minimum Gasteiger partial charge on any atom is -0.489 e. The lowest BCUT2D eigenvalue weighted by molar-refractivity contribution is 0.306. The second kappa shape index (κ2) is 6.98. The fourth-order valence-corrected chi connectivity index (χ4v) is 3.57. The molecule has 140 valence electrons. The van der Waals surface area contributed by atoms with E-state index in [2.05, 4.69) is 44.2 Å². The Morgan fingerprint density at radius 1 is 1.07 bits per heavy atom. The summed E-state index contributed by atoms with van der Waals surface area (Å²) >= 11 is 0. The monoisotopic (exact) mass is 371 g/mol. The smallest absolute Gasteiger partial charge is 0.146 e. The molecule has 28 heavy (non-hydrogen) atoms. The largest absolute Gasteiger partial charge is 0.489 e. The highest BCUT2D eigenvalue weighted by atomic mass is 16.5. The van der Waals surface area contributed by atoms with E-state index in [9.17, 15) is 0 Å². The number of anilines is 1. The Bertz CT molecular complexity index is 1120. The van der Waals surface area contributed by atoms with E-state index in [1.807, 2.05) is 36.4 Å². The Morgan fingerprint density at radius 3 is 2.71 bits per heavy atom. The van der Waals surface area contributed by atoms with Gasteiger partial charge in [-0.2, -0.15) is 0 Å². The topological polar surface area (TPSA) is 78.0 Å². The molecule has 0 bridgehead atoms. The number of nitrogen functional groups attached to an aromatic ring is 1. The standard InChI is InChI=1S/C22H21N5O/c23-21-20-19(12-27(17-10-24-11-17)22(20)26-14-25-21)16-7-4-8-18(9-16)28-13-15-5-2-1-3-6-15/h1-9,12,14,17,24H,10-11,13H2,(H2,23,25,26). The first-order valence-corrected chi connectivity index (χ1v) is 9.38. The number of nitrogens with two attached hydrogens (primary N) is 1. The molecule has 3 N–H and O–H groups in total. The number of hydrogen-bond donors (Lipinski definition) is 2. The van der Waals surface area contributed by atoms with Gasteiger partial charge in [0.2, 0.25) is 0 Å². The third kappa shape index (κ3) is 2.97. The van der Waals surface area contributed by atoms with Crippen LogP contribution >= 0.6 is 0 Å². The van der Waals surface area contributed by atoms with E-state index in [1.165, 1.54) is 6.33 Å². The lowest BCUT2D eigenvalue weighted by Crippen LogP contribution is -2.43. The van der Waals surface area contributed by atoms with Crippen molar-refractivity contribution in [2.24, 2.45) is 0 Å². The van der Waals surface area contributed by atoms with Crippen LogP contribution in [0.15, 0.2) is 67.1 Å². The molecule has 0 amide bonds. The molecular weight excluding hydrogens is 350 g/mol. The van der Waals surface area contributed by atoms with Crippen LogP contribution in [0, 0.1) is 0 Å². The highest BCUT2D eigenvalue weighted by molar-refractivity contribution is 6.00. The van der Waals surface area contributed by atoms with Crippen LogP contribution in [-0.2, 0) is 6.61 Å². The summed E-state index contributed by atoms with van der Waals surface area (Å²) in [6.07, 6.45) is 3.67. The van der Waals surface area contributed by atoms with Gasteiger partial charge in [-0.3, -0.25) is 0 Å². The molecule has 4 aromatic rings.